The molecular weight excluding hydrogens is 102 g/mol. The van der Waals surface area contributed by atoms with Crippen molar-refractivity contribution in [2.75, 3.05) is 0 Å². The molecule has 1 fully saturated rings. The van der Waals surface area contributed by atoms with Gasteiger partial charge in [0, 0.05) is 5.92 Å². The van der Waals surface area contributed by atoms with Gasteiger partial charge in [-0.05, 0) is 19.8 Å². The highest BCUT2D eigenvalue weighted by Crippen LogP contribution is 2.32. The Balaban J connectivity index is 2.34. The molecular formula is C6H13NO. The summed E-state index contributed by atoms with van der Waals surface area (Å²) in [5.74, 6) is 0.363. The number of aliphatic hydroxyl groups is 1. The fraction of sp³-hybridized carbons (Fsp3) is 1.00. The van der Waals surface area contributed by atoms with Crippen molar-refractivity contribution in [2.24, 2.45) is 11.7 Å². The van der Waals surface area contributed by atoms with Crippen LogP contribution in [0.2, 0.25) is 0 Å². The van der Waals surface area contributed by atoms with Crippen LogP contribution >= 0.6 is 0 Å². The molecule has 1 atom stereocenters. The highest BCUT2D eigenvalue weighted by atomic mass is 16.3. The first-order valence-electron chi connectivity index (χ1n) is 3.12. The van der Waals surface area contributed by atoms with Gasteiger partial charge < -0.3 is 10.8 Å². The predicted octanol–water partition coefficient (Wildman–Crippen LogP) is 0.454. The topological polar surface area (TPSA) is 46.2 Å². The molecule has 2 heteroatoms. The molecule has 0 aliphatic heterocycles. The van der Waals surface area contributed by atoms with Crippen molar-refractivity contribution in [2.45, 2.75) is 31.9 Å². The average molecular weight is 115 g/mol. The monoisotopic (exact) mass is 115 g/mol. The zero-order chi connectivity index (χ0) is 6.20. The Bertz CT molecular complexity index is 81.0. The van der Waals surface area contributed by atoms with E-state index in [4.69, 9.17) is 10.8 Å². The highest BCUT2D eigenvalue weighted by Gasteiger charge is 2.31. The molecule has 0 aromatic heterocycles. The summed E-state index contributed by atoms with van der Waals surface area (Å²) >= 11 is 0. The summed E-state index contributed by atoms with van der Waals surface area (Å²) in [5.41, 5.74) is 4.49. The van der Waals surface area contributed by atoms with Crippen molar-refractivity contribution < 1.29 is 5.11 Å². The molecule has 48 valence electrons. The Morgan fingerprint density at radius 2 is 2.12 bits per heavy atom. The SMILES string of the molecule is CC(N)(O)C1CCC1. The van der Waals surface area contributed by atoms with Crippen molar-refractivity contribution in [3.63, 3.8) is 0 Å². The third-order valence-corrected chi connectivity index (χ3v) is 1.93. The van der Waals surface area contributed by atoms with Crippen LogP contribution < -0.4 is 5.73 Å². The molecule has 0 aromatic rings. The summed E-state index contributed by atoms with van der Waals surface area (Å²) in [4.78, 5) is 0. The molecule has 1 saturated carbocycles. The third-order valence-electron chi connectivity index (χ3n) is 1.93. The number of rotatable bonds is 1. The maximum absolute atomic E-state index is 9.12. The zero-order valence-corrected chi connectivity index (χ0v) is 5.22. The smallest absolute Gasteiger partial charge is 0.113 e. The Hall–Kier alpha value is -0.0800. The lowest BCUT2D eigenvalue weighted by Gasteiger charge is -2.35. The minimum absolute atomic E-state index is 0.363. The van der Waals surface area contributed by atoms with E-state index in [-0.39, 0.29) is 0 Å². The van der Waals surface area contributed by atoms with Crippen LogP contribution in [0, 0.1) is 5.92 Å². The lowest BCUT2D eigenvalue weighted by molar-refractivity contribution is -0.0290. The van der Waals surface area contributed by atoms with E-state index in [2.05, 4.69) is 0 Å². The van der Waals surface area contributed by atoms with Crippen molar-refractivity contribution >= 4 is 0 Å². The van der Waals surface area contributed by atoms with Crippen LogP contribution in [0.3, 0.4) is 0 Å². The van der Waals surface area contributed by atoms with Gasteiger partial charge in [0.25, 0.3) is 0 Å². The van der Waals surface area contributed by atoms with Crippen LogP contribution in [-0.4, -0.2) is 10.8 Å². The molecule has 0 radical (unpaired) electrons. The summed E-state index contributed by atoms with van der Waals surface area (Å²) in [5, 5.41) is 9.12. The Labute approximate surface area is 49.7 Å². The first-order valence-corrected chi connectivity index (χ1v) is 3.12. The molecule has 0 spiro atoms. The van der Waals surface area contributed by atoms with Crippen molar-refractivity contribution in [3.05, 3.63) is 0 Å². The van der Waals surface area contributed by atoms with Crippen LogP contribution in [0.1, 0.15) is 26.2 Å². The van der Waals surface area contributed by atoms with Crippen LogP contribution in [0.5, 0.6) is 0 Å². The maximum Gasteiger partial charge on any atom is 0.113 e. The van der Waals surface area contributed by atoms with E-state index in [1.807, 2.05) is 0 Å². The van der Waals surface area contributed by atoms with E-state index in [0.717, 1.165) is 12.8 Å². The molecule has 1 aliphatic carbocycles. The largest absolute Gasteiger partial charge is 0.376 e. The summed E-state index contributed by atoms with van der Waals surface area (Å²) < 4.78 is 0. The zero-order valence-electron chi connectivity index (χ0n) is 5.22. The lowest BCUT2D eigenvalue weighted by Crippen LogP contribution is -2.46. The fourth-order valence-corrected chi connectivity index (χ4v) is 0.993. The summed E-state index contributed by atoms with van der Waals surface area (Å²) in [6, 6.07) is 0. The van der Waals surface area contributed by atoms with E-state index >= 15 is 0 Å². The molecule has 3 N–H and O–H groups in total. The number of hydrogen-bond acceptors (Lipinski definition) is 2. The lowest BCUT2D eigenvalue weighted by atomic mass is 9.78. The summed E-state index contributed by atoms with van der Waals surface area (Å²) in [6.07, 6.45) is 3.44. The molecule has 0 bridgehead atoms. The second-order valence-electron chi connectivity index (χ2n) is 2.85. The van der Waals surface area contributed by atoms with Gasteiger partial charge in [0.2, 0.25) is 0 Å². The second-order valence-corrected chi connectivity index (χ2v) is 2.85. The summed E-state index contributed by atoms with van der Waals surface area (Å²) in [7, 11) is 0. The number of nitrogens with two attached hydrogens (primary N) is 1. The van der Waals surface area contributed by atoms with E-state index in [9.17, 15) is 0 Å². The van der Waals surface area contributed by atoms with Crippen molar-refractivity contribution in [3.8, 4) is 0 Å². The minimum Gasteiger partial charge on any atom is -0.376 e. The maximum atomic E-state index is 9.12. The molecule has 8 heavy (non-hydrogen) atoms. The molecule has 1 unspecified atom stereocenters. The average Bonchev–Trinajstić information content (AvgIpc) is 1.16. The van der Waals surface area contributed by atoms with Gasteiger partial charge in [0.15, 0.2) is 0 Å². The van der Waals surface area contributed by atoms with Gasteiger partial charge in [-0.3, -0.25) is 0 Å². The van der Waals surface area contributed by atoms with Crippen LogP contribution in [0.25, 0.3) is 0 Å². The Kier molecular flexibility index (Phi) is 1.29. The molecule has 2 nitrogen and oxygen atoms in total. The first kappa shape index (κ1) is 6.05. The molecule has 0 aromatic carbocycles. The van der Waals surface area contributed by atoms with Gasteiger partial charge >= 0.3 is 0 Å². The Morgan fingerprint density at radius 3 is 2.12 bits per heavy atom. The van der Waals surface area contributed by atoms with Crippen molar-refractivity contribution in [1.29, 1.82) is 0 Å². The molecule has 0 heterocycles. The molecule has 1 aliphatic rings. The van der Waals surface area contributed by atoms with Crippen LogP contribution in [0.15, 0.2) is 0 Å². The third kappa shape index (κ3) is 1.01. The quantitative estimate of drug-likeness (QED) is 0.487. The van der Waals surface area contributed by atoms with E-state index in [1.54, 1.807) is 6.92 Å². The van der Waals surface area contributed by atoms with Crippen LogP contribution in [0.4, 0.5) is 0 Å². The molecule has 0 saturated heterocycles. The fourth-order valence-electron chi connectivity index (χ4n) is 0.993. The number of hydrogen-bond donors (Lipinski definition) is 2. The van der Waals surface area contributed by atoms with E-state index < -0.39 is 5.72 Å². The van der Waals surface area contributed by atoms with Gasteiger partial charge in [-0.15, -0.1) is 0 Å². The second kappa shape index (κ2) is 1.71. The van der Waals surface area contributed by atoms with E-state index in [1.165, 1.54) is 6.42 Å². The predicted molar refractivity (Wildman–Crippen MR) is 32.2 cm³/mol. The molecule has 0 amide bonds. The normalized spacial score (nSPS) is 28.9. The molecule has 1 rings (SSSR count). The van der Waals surface area contributed by atoms with Gasteiger partial charge in [0.05, 0.1) is 0 Å². The van der Waals surface area contributed by atoms with E-state index in [0.29, 0.717) is 5.92 Å². The summed E-state index contributed by atoms with van der Waals surface area (Å²) in [6.45, 7) is 1.68. The van der Waals surface area contributed by atoms with Crippen molar-refractivity contribution in [1.82, 2.24) is 0 Å². The van der Waals surface area contributed by atoms with Crippen LogP contribution in [-0.2, 0) is 0 Å². The minimum atomic E-state index is -0.905. The first-order chi connectivity index (χ1) is 3.61. The highest BCUT2D eigenvalue weighted by molar-refractivity contribution is 4.82. The Morgan fingerprint density at radius 1 is 1.62 bits per heavy atom. The standard InChI is InChI=1S/C6H13NO/c1-6(7,8)5-3-2-4-5/h5,8H,2-4,7H2,1H3. The van der Waals surface area contributed by atoms with Gasteiger partial charge in [-0.2, -0.15) is 0 Å². The van der Waals surface area contributed by atoms with Gasteiger partial charge in [0.1, 0.15) is 5.72 Å². The van der Waals surface area contributed by atoms with Gasteiger partial charge in [-0.25, -0.2) is 0 Å². The van der Waals surface area contributed by atoms with Gasteiger partial charge in [-0.1, -0.05) is 6.42 Å².